The van der Waals surface area contributed by atoms with Gasteiger partial charge in [-0.05, 0) is 6.42 Å². The predicted molar refractivity (Wildman–Crippen MR) is 52.1 cm³/mol. The Morgan fingerprint density at radius 3 is 2.86 bits per heavy atom. The highest BCUT2D eigenvalue weighted by Gasteiger charge is 2.06. The number of sulfonamides is 1. The van der Waals surface area contributed by atoms with E-state index in [0.717, 1.165) is 0 Å². The van der Waals surface area contributed by atoms with E-state index in [2.05, 4.69) is 15.0 Å². The third-order valence-corrected chi connectivity index (χ3v) is 3.20. The molecular formula is C7H14N4O2S. The number of nitrogens with one attached hydrogen (secondary N) is 1. The summed E-state index contributed by atoms with van der Waals surface area (Å²) < 4.78 is 26.5. The van der Waals surface area contributed by atoms with E-state index in [4.69, 9.17) is 0 Å². The smallest absolute Gasteiger partial charge is 0.211 e. The van der Waals surface area contributed by atoms with Gasteiger partial charge in [-0.3, -0.25) is 4.68 Å². The van der Waals surface area contributed by atoms with E-state index in [1.54, 1.807) is 17.1 Å². The second-order valence-electron chi connectivity index (χ2n) is 2.88. The van der Waals surface area contributed by atoms with Crippen molar-refractivity contribution in [3.8, 4) is 0 Å². The molecule has 0 aromatic carbocycles. The maximum absolute atomic E-state index is 11.2. The van der Waals surface area contributed by atoms with Gasteiger partial charge in [-0.2, -0.15) is 0 Å². The van der Waals surface area contributed by atoms with Crippen molar-refractivity contribution in [2.75, 3.05) is 12.3 Å². The van der Waals surface area contributed by atoms with Crippen molar-refractivity contribution >= 4 is 10.0 Å². The monoisotopic (exact) mass is 218 g/mol. The van der Waals surface area contributed by atoms with Gasteiger partial charge in [0, 0.05) is 12.7 Å². The highest BCUT2D eigenvalue weighted by Crippen LogP contribution is 1.88. The lowest BCUT2D eigenvalue weighted by Gasteiger charge is -2.04. The second kappa shape index (κ2) is 5.06. The Balaban J connectivity index is 2.28. The molecular weight excluding hydrogens is 204 g/mol. The topological polar surface area (TPSA) is 76.9 Å². The van der Waals surface area contributed by atoms with Crippen molar-refractivity contribution in [1.82, 2.24) is 19.7 Å². The maximum Gasteiger partial charge on any atom is 0.211 e. The van der Waals surface area contributed by atoms with Crippen LogP contribution in [0.3, 0.4) is 0 Å². The van der Waals surface area contributed by atoms with E-state index in [0.29, 0.717) is 19.5 Å². The third kappa shape index (κ3) is 3.84. The zero-order valence-corrected chi connectivity index (χ0v) is 8.87. The van der Waals surface area contributed by atoms with Gasteiger partial charge in [-0.25, -0.2) is 13.1 Å². The van der Waals surface area contributed by atoms with Gasteiger partial charge in [0.15, 0.2) is 0 Å². The van der Waals surface area contributed by atoms with Crippen LogP contribution in [0.5, 0.6) is 0 Å². The molecule has 80 valence electrons. The first-order valence-electron chi connectivity index (χ1n) is 4.45. The lowest BCUT2D eigenvalue weighted by molar-refractivity contribution is 0.552. The molecule has 1 aromatic heterocycles. The highest BCUT2D eigenvalue weighted by molar-refractivity contribution is 7.89. The van der Waals surface area contributed by atoms with Gasteiger partial charge in [-0.15, -0.1) is 5.10 Å². The Morgan fingerprint density at radius 1 is 1.50 bits per heavy atom. The molecule has 0 fully saturated rings. The molecule has 0 bridgehead atoms. The molecule has 0 saturated heterocycles. The fourth-order valence-electron chi connectivity index (χ4n) is 1.01. The first kappa shape index (κ1) is 11.1. The molecule has 0 unspecified atom stereocenters. The van der Waals surface area contributed by atoms with E-state index in [-0.39, 0.29) is 5.75 Å². The van der Waals surface area contributed by atoms with Crippen molar-refractivity contribution < 1.29 is 8.42 Å². The minimum absolute atomic E-state index is 0.171. The van der Waals surface area contributed by atoms with Crippen LogP contribution >= 0.6 is 0 Å². The van der Waals surface area contributed by atoms with Crippen molar-refractivity contribution in [3.63, 3.8) is 0 Å². The quantitative estimate of drug-likeness (QED) is 0.705. The lowest BCUT2D eigenvalue weighted by Crippen LogP contribution is -2.29. The minimum Gasteiger partial charge on any atom is -0.251 e. The SMILES string of the molecule is CCCS(=O)(=O)NCCn1ccnn1. The van der Waals surface area contributed by atoms with Gasteiger partial charge in [0.25, 0.3) is 0 Å². The summed E-state index contributed by atoms with van der Waals surface area (Å²) in [6, 6.07) is 0. The largest absolute Gasteiger partial charge is 0.251 e. The van der Waals surface area contributed by atoms with E-state index in [9.17, 15) is 8.42 Å². The van der Waals surface area contributed by atoms with Crippen LogP contribution in [0.25, 0.3) is 0 Å². The molecule has 1 rings (SSSR count). The van der Waals surface area contributed by atoms with Crippen LogP contribution in [0.15, 0.2) is 12.4 Å². The van der Waals surface area contributed by atoms with Crippen LogP contribution in [0.2, 0.25) is 0 Å². The summed E-state index contributed by atoms with van der Waals surface area (Å²) in [5.74, 6) is 0.171. The molecule has 14 heavy (non-hydrogen) atoms. The number of hydrogen-bond acceptors (Lipinski definition) is 4. The fraction of sp³-hybridized carbons (Fsp3) is 0.714. The van der Waals surface area contributed by atoms with Gasteiger partial charge in [-0.1, -0.05) is 12.1 Å². The summed E-state index contributed by atoms with van der Waals surface area (Å²) in [7, 11) is -3.10. The van der Waals surface area contributed by atoms with Gasteiger partial charge in [0.05, 0.1) is 18.5 Å². The van der Waals surface area contributed by atoms with Crippen molar-refractivity contribution in [1.29, 1.82) is 0 Å². The Hall–Kier alpha value is -0.950. The Kier molecular flexibility index (Phi) is 4.02. The van der Waals surface area contributed by atoms with Crippen LogP contribution in [0.4, 0.5) is 0 Å². The summed E-state index contributed by atoms with van der Waals surface area (Å²) >= 11 is 0. The Bertz CT molecular complexity index is 346. The molecule has 0 radical (unpaired) electrons. The van der Waals surface area contributed by atoms with Gasteiger partial charge < -0.3 is 0 Å². The zero-order valence-electron chi connectivity index (χ0n) is 8.05. The summed E-state index contributed by atoms with van der Waals surface area (Å²) in [5.41, 5.74) is 0. The zero-order chi connectivity index (χ0) is 10.4. The number of hydrogen-bond donors (Lipinski definition) is 1. The average molecular weight is 218 g/mol. The van der Waals surface area contributed by atoms with Crippen molar-refractivity contribution in [2.45, 2.75) is 19.9 Å². The van der Waals surface area contributed by atoms with Crippen LogP contribution in [0.1, 0.15) is 13.3 Å². The normalized spacial score (nSPS) is 11.8. The predicted octanol–water partition coefficient (Wildman–Crippen LogP) is -0.393. The molecule has 1 N–H and O–H groups in total. The molecule has 0 atom stereocenters. The molecule has 6 nitrogen and oxygen atoms in total. The molecule has 0 saturated carbocycles. The van der Waals surface area contributed by atoms with E-state index < -0.39 is 10.0 Å². The van der Waals surface area contributed by atoms with Crippen molar-refractivity contribution in [3.05, 3.63) is 12.4 Å². The number of rotatable bonds is 6. The van der Waals surface area contributed by atoms with Crippen LogP contribution in [-0.2, 0) is 16.6 Å². The molecule has 1 heterocycles. The van der Waals surface area contributed by atoms with Crippen LogP contribution < -0.4 is 4.72 Å². The number of aromatic nitrogens is 3. The van der Waals surface area contributed by atoms with Crippen LogP contribution in [0, 0.1) is 0 Å². The molecule has 1 aromatic rings. The minimum atomic E-state index is -3.10. The van der Waals surface area contributed by atoms with Gasteiger partial charge in [0.1, 0.15) is 0 Å². The standard InChI is InChI=1S/C7H14N4O2S/c1-2-7-14(12,13)9-4-6-11-5-3-8-10-11/h3,5,9H,2,4,6-7H2,1H3. The molecule has 0 amide bonds. The first-order valence-corrected chi connectivity index (χ1v) is 6.11. The maximum atomic E-state index is 11.2. The number of nitrogens with zero attached hydrogens (tertiary/aromatic N) is 3. The van der Waals surface area contributed by atoms with E-state index in [1.165, 1.54) is 0 Å². The lowest BCUT2D eigenvalue weighted by atomic mass is 10.6. The Morgan fingerprint density at radius 2 is 2.29 bits per heavy atom. The average Bonchev–Trinajstić information content (AvgIpc) is 2.56. The first-order chi connectivity index (χ1) is 6.64. The van der Waals surface area contributed by atoms with Gasteiger partial charge in [0.2, 0.25) is 10.0 Å². The molecule has 7 heteroatoms. The molecule has 0 aliphatic heterocycles. The summed E-state index contributed by atoms with van der Waals surface area (Å²) in [6.07, 6.45) is 3.87. The summed E-state index contributed by atoms with van der Waals surface area (Å²) in [4.78, 5) is 0. The summed E-state index contributed by atoms with van der Waals surface area (Å²) in [6.45, 7) is 2.69. The van der Waals surface area contributed by atoms with Gasteiger partial charge >= 0.3 is 0 Å². The highest BCUT2D eigenvalue weighted by atomic mass is 32.2. The third-order valence-electron chi connectivity index (χ3n) is 1.61. The van der Waals surface area contributed by atoms with E-state index >= 15 is 0 Å². The van der Waals surface area contributed by atoms with Crippen molar-refractivity contribution in [2.24, 2.45) is 0 Å². The fourth-order valence-corrected chi connectivity index (χ4v) is 2.09. The summed E-state index contributed by atoms with van der Waals surface area (Å²) in [5, 5.41) is 7.32. The molecule has 0 aliphatic carbocycles. The Labute approximate surface area is 83.4 Å². The molecule has 0 spiro atoms. The second-order valence-corrected chi connectivity index (χ2v) is 4.81. The van der Waals surface area contributed by atoms with E-state index in [1.807, 2.05) is 6.92 Å². The van der Waals surface area contributed by atoms with Crippen LogP contribution in [-0.4, -0.2) is 35.7 Å². The molecule has 0 aliphatic rings.